The molecule has 0 saturated carbocycles. The van der Waals surface area contributed by atoms with Crippen LogP contribution in [0.5, 0.6) is 5.75 Å². The molecule has 7 heteroatoms. The van der Waals surface area contributed by atoms with E-state index >= 15 is 0 Å². The lowest BCUT2D eigenvalue weighted by Crippen LogP contribution is -2.52. The molecule has 1 aliphatic rings. The van der Waals surface area contributed by atoms with Gasteiger partial charge < -0.3 is 19.9 Å². The second-order valence-electron chi connectivity index (χ2n) is 6.62. The van der Waals surface area contributed by atoms with E-state index in [1.165, 1.54) is 0 Å². The number of benzene rings is 2. The van der Waals surface area contributed by atoms with Crippen LogP contribution < -0.4 is 10.1 Å². The smallest absolute Gasteiger partial charge is 0.241 e. The summed E-state index contributed by atoms with van der Waals surface area (Å²) in [5, 5.41) is 3.66. The Morgan fingerprint density at radius 3 is 2.36 bits per heavy atom. The summed E-state index contributed by atoms with van der Waals surface area (Å²) >= 11 is 6.09. The predicted molar refractivity (Wildman–Crippen MR) is 110 cm³/mol. The average Bonchev–Trinajstić information content (AvgIpc) is 2.73. The number of amides is 2. The molecule has 0 unspecified atom stereocenters. The highest BCUT2D eigenvalue weighted by atomic mass is 35.5. The molecule has 0 aliphatic carbocycles. The lowest BCUT2D eigenvalue weighted by atomic mass is 10.1. The fourth-order valence-corrected chi connectivity index (χ4v) is 3.36. The summed E-state index contributed by atoms with van der Waals surface area (Å²) in [7, 11) is 1.61. The van der Waals surface area contributed by atoms with E-state index in [2.05, 4.69) is 5.32 Å². The minimum atomic E-state index is -0.000172. The molecule has 0 bridgehead atoms. The lowest BCUT2D eigenvalue weighted by Gasteiger charge is -2.35. The Labute approximate surface area is 170 Å². The van der Waals surface area contributed by atoms with Gasteiger partial charge in [0.2, 0.25) is 11.8 Å². The second-order valence-corrected chi connectivity index (χ2v) is 7.03. The van der Waals surface area contributed by atoms with Gasteiger partial charge in [0.15, 0.2) is 0 Å². The zero-order chi connectivity index (χ0) is 19.9. The van der Waals surface area contributed by atoms with Gasteiger partial charge in [-0.1, -0.05) is 35.9 Å². The fourth-order valence-electron chi connectivity index (χ4n) is 3.16. The van der Waals surface area contributed by atoms with Crippen molar-refractivity contribution in [2.24, 2.45) is 0 Å². The summed E-state index contributed by atoms with van der Waals surface area (Å²) in [6, 6.07) is 14.9. The Morgan fingerprint density at radius 2 is 1.68 bits per heavy atom. The number of para-hydroxylation sites is 1. The summed E-state index contributed by atoms with van der Waals surface area (Å²) in [5.74, 6) is 0.807. The number of hydrogen-bond acceptors (Lipinski definition) is 4. The molecule has 1 aliphatic heterocycles. The van der Waals surface area contributed by atoms with Gasteiger partial charge in [-0.25, -0.2) is 0 Å². The Hall–Kier alpha value is -2.73. The van der Waals surface area contributed by atoms with Crippen LogP contribution >= 0.6 is 11.6 Å². The van der Waals surface area contributed by atoms with Crippen LogP contribution in [0.15, 0.2) is 48.5 Å². The van der Waals surface area contributed by atoms with E-state index in [0.29, 0.717) is 37.6 Å². The number of hydrogen-bond donors (Lipinski definition) is 1. The zero-order valence-corrected chi connectivity index (χ0v) is 16.6. The normalized spacial score (nSPS) is 13.9. The second kappa shape index (κ2) is 9.46. The fraction of sp³-hybridized carbons (Fsp3) is 0.333. The molecule has 1 saturated heterocycles. The molecule has 1 heterocycles. The number of carbonyl (C=O) groups excluding carboxylic acids is 2. The first-order valence-electron chi connectivity index (χ1n) is 9.23. The Kier molecular flexibility index (Phi) is 6.76. The highest BCUT2D eigenvalue weighted by Crippen LogP contribution is 2.20. The van der Waals surface area contributed by atoms with Gasteiger partial charge in [0.1, 0.15) is 5.75 Å². The van der Waals surface area contributed by atoms with Gasteiger partial charge in [-0.3, -0.25) is 9.59 Å². The number of piperazine rings is 1. The first kappa shape index (κ1) is 20.0. The molecule has 6 nitrogen and oxygen atoms in total. The van der Waals surface area contributed by atoms with Crippen molar-refractivity contribution in [3.05, 3.63) is 59.1 Å². The van der Waals surface area contributed by atoms with Crippen molar-refractivity contribution in [2.75, 3.05) is 45.2 Å². The quantitative estimate of drug-likeness (QED) is 0.808. The maximum Gasteiger partial charge on any atom is 0.241 e. The van der Waals surface area contributed by atoms with Gasteiger partial charge in [0, 0.05) is 26.2 Å². The van der Waals surface area contributed by atoms with Crippen molar-refractivity contribution in [3.8, 4) is 5.75 Å². The molecule has 0 aromatic heterocycles. The first-order valence-corrected chi connectivity index (χ1v) is 9.61. The van der Waals surface area contributed by atoms with E-state index < -0.39 is 0 Å². The molecule has 2 aromatic carbocycles. The first-order chi connectivity index (χ1) is 13.6. The van der Waals surface area contributed by atoms with Gasteiger partial charge in [0.05, 0.1) is 30.8 Å². The van der Waals surface area contributed by atoms with E-state index in [4.69, 9.17) is 16.3 Å². The largest absolute Gasteiger partial charge is 0.497 e. The highest BCUT2D eigenvalue weighted by Gasteiger charge is 2.24. The van der Waals surface area contributed by atoms with Gasteiger partial charge in [0.25, 0.3) is 0 Å². The van der Waals surface area contributed by atoms with Gasteiger partial charge in [-0.2, -0.15) is 0 Å². The minimum Gasteiger partial charge on any atom is -0.497 e. The lowest BCUT2D eigenvalue weighted by molar-refractivity contribution is -0.138. The molecule has 0 radical (unpaired) electrons. The maximum absolute atomic E-state index is 12.5. The molecule has 148 valence electrons. The Balaban J connectivity index is 1.46. The molecule has 1 N–H and O–H groups in total. The number of rotatable bonds is 6. The number of ether oxygens (including phenoxy) is 1. The number of methoxy groups -OCH3 is 1. The number of nitrogens with zero attached hydrogens (tertiary/aromatic N) is 2. The highest BCUT2D eigenvalue weighted by molar-refractivity contribution is 6.33. The zero-order valence-electron chi connectivity index (χ0n) is 15.9. The molecular weight excluding hydrogens is 378 g/mol. The van der Waals surface area contributed by atoms with Crippen molar-refractivity contribution in [1.29, 1.82) is 0 Å². The number of anilines is 1. The summed E-state index contributed by atoms with van der Waals surface area (Å²) in [5.41, 5.74) is 1.66. The summed E-state index contributed by atoms with van der Waals surface area (Å²) in [6.07, 6.45) is 0.333. The average molecular weight is 402 g/mol. The Bertz CT molecular complexity index is 835. The molecule has 2 amide bonds. The van der Waals surface area contributed by atoms with Crippen LogP contribution in [0.25, 0.3) is 0 Å². The van der Waals surface area contributed by atoms with Gasteiger partial charge in [-0.15, -0.1) is 0 Å². The van der Waals surface area contributed by atoms with E-state index in [0.717, 1.165) is 17.0 Å². The predicted octanol–water partition coefficient (Wildman–Crippen LogP) is 2.67. The third kappa shape index (κ3) is 5.16. The number of carbonyl (C=O) groups is 2. The summed E-state index contributed by atoms with van der Waals surface area (Å²) in [6.45, 7) is 2.34. The van der Waals surface area contributed by atoms with Crippen LogP contribution in [0, 0.1) is 0 Å². The number of nitrogens with one attached hydrogen (secondary N) is 1. The van der Waals surface area contributed by atoms with E-state index in [-0.39, 0.29) is 18.4 Å². The molecule has 2 aromatic rings. The van der Waals surface area contributed by atoms with Crippen LogP contribution in [0.2, 0.25) is 5.02 Å². The summed E-state index contributed by atoms with van der Waals surface area (Å²) < 4.78 is 5.20. The third-order valence-corrected chi connectivity index (χ3v) is 5.11. The van der Waals surface area contributed by atoms with Gasteiger partial charge >= 0.3 is 0 Å². The van der Waals surface area contributed by atoms with Crippen LogP contribution in [-0.4, -0.2) is 61.4 Å². The summed E-state index contributed by atoms with van der Waals surface area (Å²) in [4.78, 5) is 28.6. The third-order valence-electron chi connectivity index (χ3n) is 4.78. The van der Waals surface area contributed by atoms with Crippen LogP contribution in [0.1, 0.15) is 5.56 Å². The van der Waals surface area contributed by atoms with Crippen molar-refractivity contribution < 1.29 is 14.3 Å². The van der Waals surface area contributed by atoms with Crippen LogP contribution in [0.4, 0.5) is 5.69 Å². The van der Waals surface area contributed by atoms with Crippen LogP contribution in [-0.2, 0) is 16.0 Å². The van der Waals surface area contributed by atoms with E-state index in [9.17, 15) is 9.59 Å². The van der Waals surface area contributed by atoms with Crippen LogP contribution in [0.3, 0.4) is 0 Å². The molecule has 0 spiro atoms. The van der Waals surface area contributed by atoms with Crippen molar-refractivity contribution in [3.63, 3.8) is 0 Å². The molecule has 0 atom stereocenters. The number of halogens is 1. The van der Waals surface area contributed by atoms with Crippen molar-refractivity contribution >= 4 is 29.1 Å². The topological polar surface area (TPSA) is 61.9 Å². The minimum absolute atomic E-state index is 0.000172. The molecule has 3 rings (SSSR count). The SMILES string of the molecule is COc1cccc(CC(=O)N2CCN(C(=O)CNc3ccccc3Cl)CC2)c1. The van der Waals surface area contributed by atoms with Gasteiger partial charge in [-0.05, 0) is 29.8 Å². The molecule has 1 fully saturated rings. The van der Waals surface area contributed by atoms with Crippen molar-refractivity contribution in [2.45, 2.75) is 6.42 Å². The maximum atomic E-state index is 12.5. The standard InChI is InChI=1S/C21H24ClN3O3/c1-28-17-6-4-5-16(13-17)14-20(26)24-9-11-25(12-10-24)21(27)15-23-19-8-3-2-7-18(19)22/h2-8,13,23H,9-12,14-15H2,1H3. The monoisotopic (exact) mass is 401 g/mol. The Morgan fingerprint density at radius 1 is 1.00 bits per heavy atom. The molecular formula is C21H24ClN3O3. The van der Waals surface area contributed by atoms with Crippen molar-refractivity contribution in [1.82, 2.24) is 9.80 Å². The molecule has 28 heavy (non-hydrogen) atoms. The van der Waals surface area contributed by atoms with E-state index in [1.807, 2.05) is 47.4 Å². The van der Waals surface area contributed by atoms with E-state index in [1.54, 1.807) is 18.1 Å².